The number of nitrogens with zero attached hydrogens (tertiary/aromatic N) is 3. The highest BCUT2D eigenvalue weighted by Gasteiger charge is 2.13. The van der Waals surface area contributed by atoms with Crippen LogP contribution >= 0.6 is 0 Å². The summed E-state index contributed by atoms with van der Waals surface area (Å²) in [6.45, 7) is 2.30. The molecule has 1 heterocycles. The van der Waals surface area contributed by atoms with Gasteiger partial charge in [-0.1, -0.05) is 0 Å². The molecular weight excluding hydrogens is 289 g/mol. The maximum absolute atomic E-state index is 10.7. The first-order chi connectivity index (χ1) is 11.1. The average molecular weight is 307 g/mol. The van der Waals surface area contributed by atoms with E-state index in [1.807, 2.05) is 24.9 Å². The van der Waals surface area contributed by atoms with Crippen molar-refractivity contribution in [2.45, 2.75) is 26.3 Å². The van der Waals surface area contributed by atoms with Gasteiger partial charge in [-0.05, 0) is 43.2 Å². The monoisotopic (exact) mass is 307 g/mol. The second kappa shape index (κ2) is 7.46. The summed E-state index contributed by atoms with van der Waals surface area (Å²) >= 11 is 0. The van der Waals surface area contributed by atoms with Gasteiger partial charge in [-0.2, -0.15) is 5.26 Å². The van der Waals surface area contributed by atoms with Gasteiger partial charge >= 0.3 is 0 Å². The number of aryl methyl sites for hydroxylation is 1. The number of benzene rings is 1. The van der Waals surface area contributed by atoms with Crippen molar-refractivity contribution in [3.05, 3.63) is 52.8 Å². The van der Waals surface area contributed by atoms with E-state index in [0.717, 1.165) is 23.1 Å². The van der Waals surface area contributed by atoms with Crippen LogP contribution in [0.15, 0.2) is 30.5 Å². The number of nitriles is 1. The summed E-state index contributed by atoms with van der Waals surface area (Å²) in [5, 5.41) is 19.1. The molecule has 23 heavy (non-hydrogen) atoms. The number of rotatable bonds is 6. The van der Waals surface area contributed by atoms with Crippen LogP contribution in [0.25, 0.3) is 0 Å². The molecule has 0 atom stereocenters. The number of aromatic nitrogens is 1. The standard InChI is InChI=1S/C17H18BN3O2/c1-12-17(23)16(3-2-8-22)14(10-20-12)11-21(18)15-6-4-13(9-19)5-7-15/h4-8,10,23H,2-3,11,18H2,1H3. The van der Waals surface area contributed by atoms with Crippen LogP contribution in [0.5, 0.6) is 5.75 Å². The number of pyridine rings is 1. The molecular formula is C17H18BN3O2. The van der Waals surface area contributed by atoms with Crippen LogP contribution in [0, 0.1) is 18.3 Å². The number of aromatic hydroxyl groups is 1. The Morgan fingerprint density at radius 2 is 2.09 bits per heavy atom. The number of carbonyl (C=O) groups excluding carboxylic acids is 1. The Labute approximate surface area is 136 Å². The van der Waals surface area contributed by atoms with E-state index >= 15 is 0 Å². The van der Waals surface area contributed by atoms with Gasteiger partial charge in [-0.3, -0.25) is 4.98 Å². The van der Waals surface area contributed by atoms with E-state index in [1.165, 1.54) is 0 Å². The fourth-order valence-corrected chi connectivity index (χ4v) is 2.44. The van der Waals surface area contributed by atoms with Crippen LogP contribution < -0.4 is 4.81 Å². The van der Waals surface area contributed by atoms with Crippen molar-refractivity contribution in [3.8, 4) is 11.8 Å². The molecule has 116 valence electrons. The molecule has 5 nitrogen and oxygen atoms in total. The van der Waals surface area contributed by atoms with Crippen LogP contribution in [0.4, 0.5) is 5.69 Å². The SMILES string of the molecule is BN(Cc1cnc(C)c(O)c1CCC=O)c1ccc(C#N)cc1. The lowest BCUT2D eigenvalue weighted by molar-refractivity contribution is -0.107. The summed E-state index contributed by atoms with van der Waals surface area (Å²) in [7, 11) is 1.93. The van der Waals surface area contributed by atoms with Crippen molar-refractivity contribution in [2.75, 3.05) is 4.81 Å². The molecule has 0 amide bonds. The Balaban J connectivity index is 2.25. The van der Waals surface area contributed by atoms with Crippen LogP contribution in [0.2, 0.25) is 0 Å². The zero-order valence-corrected chi connectivity index (χ0v) is 13.3. The van der Waals surface area contributed by atoms with E-state index in [2.05, 4.69) is 11.1 Å². The molecule has 0 aliphatic carbocycles. The molecule has 0 saturated heterocycles. The molecule has 0 saturated carbocycles. The highest BCUT2D eigenvalue weighted by molar-refractivity contribution is 6.17. The molecule has 1 aromatic carbocycles. The first kappa shape index (κ1) is 16.6. The van der Waals surface area contributed by atoms with Gasteiger partial charge in [0.05, 0.1) is 17.3 Å². The number of hydrogen-bond donors (Lipinski definition) is 1. The second-order valence-electron chi connectivity index (χ2n) is 5.42. The predicted octanol–water partition coefficient (Wildman–Crippen LogP) is 1.65. The number of anilines is 1. The summed E-state index contributed by atoms with van der Waals surface area (Å²) in [6, 6.07) is 9.39. The van der Waals surface area contributed by atoms with Crippen LogP contribution in [-0.2, 0) is 17.8 Å². The lowest BCUT2D eigenvalue weighted by atomic mass is 10.0. The Kier molecular flexibility index (Phi) is 5.37. The van der Waals surface area contributed by atoms with E-state index in [0.29, 0.717) is 30.6 Å². The Bertz CT molecular complexity index is 739. The summed E-state index contributed by atoms with van der Waals surface area (Å²) in [4.78, 5) is 16.9. The topological polar surface area (TPSA) is 77.2 Å². The molecule has 2 rings (SSSR count). The average Bonchev–Trinajstić information content (AvgIpc) is 2.58. The molecule has 1 N–H and O–H groups in total. The van der Waals surface area contributed by atoms with E-state index < -0.39 is 0 Å². The molecule has 2 aromatic rings. The van der Waals surface area contributed by atoms with Crippen LogP contribution in [-0.4, -0.2) is 24.4 Å². The fraction of sp³-hybridized carbons (Fsp3) is 0.235. The van der Waals surface area contributed by atoms with Crippen LogP contribution in [0.1, 0.15) is 28.8 Å². The van der Waals surface area contributed by atoms with Gasteiger partial charge in [0, 0.05) is 30.4 Å². The Morgan fingerprint density at radius 1 is 1.39 bits per heavy atom. The minimum absolute atomic E-state index is 0.164. The summed E-state index contributed by atoms with van der Waals surface area (Å²) in [6.07, 6.45) is 3.46. The van der Waals surface area contributed by atoms with E-state index in [4.69, 9.17) is 5.26 Å². The molecule has 0 aliphatic rings. The maximum atomic E-state index is 10.7. The smallest absolute Gasteiger partial charge is 0.217 e. The van der Waals surface area contributed by atoms with Gasteiger partial charge in [0.25, 0.3) is 0 Å². The maximum Gasteiger partial charge on any atom is 0.217 e. The number of hydrogen-bond acceptors (Lipinski definition) is 5. The normalized spacial score (nSPS) is 10.1. The highest BCUT2D eigenvalue weighted by atomic mass is 16.3. The molecule has 0 aliphatic heterocycles. The molecule has 0 spiro atoms. The van der Waals surface area contributed by atoms with Crippen molar-refractivity contribution in [1.29, 1.82) is 5.26 Å². The van der Waals surface area contributed by atoms with Crippen molar-refractivity contribution < 1.29 is 9.90 Å². The van der Waals surface area contributed by atoms with Gasteiger partial charge in [0.15, 0.2) is 0 Å². The van der Waals surface area contributed by atoms with Crippen molar-refractivity contribution >= 4 is 20.0 Å². The van der Waals surface area contributed by atoms with Crippen molar-refractivity contribution in [1.82, 2.24) is 4.98 Å². The quantitative estimate of drug-likeness (QED) is 0.648. The zero-order valence-electron chi connectivity index (χ0n) is 13.3. The van der Waals surface area contributed by atoms with Crippen molar-refractivity contribution in [2.24, 2.45) is 0 Å². The fourth-order valence-electron chi connectivity index (χ4n) is 2.44. The van der Waals surface area contributed by atoms with E-state index in [9.17, 15) is 9.90 Å². The molecule has 0 fully saturated rings. The van der Waals surface area contributed by atoms with Gasteiger partial charge in [0.1, 0.15) is 12.0 Å². The molecule has 0 radical (unpaired) electrons. The summed E-state index contributed by atoms with van der Waals surface area (Å²) in [5.41, 5.74) is 3.80. The molecule has 6 heteroatoms. The lowest BCUT2D eigenvalue weighted by Crippen LogP contribution is -2.19. The lowest BCUT2D eigenvalue weighted by Gasteiger charge is -2.22. The van der Waals surface area contributed by atoms with E-state index in [-0.39, 0.29) is 5.75 Å². The molecule has 0 bridgehead atoms. The van der Waals surface area contributed by atoms with Gasteiger partial charge in [-0.25, -0.2) is 0 Å². The third-order valence-corrected chi connectivity index (χ3v) is 3.79. The van der Waals surface area contributed by atoms with Gasteiger partial charge in [-0.15, -0.1) is 0 Å². The predicted molar refractivity (Wildman–Crippen MR) is 90.9 cm³/mol. The minimum Gasteiger partial charge on any atom is -0.506 e. The molecule has 0 unspecified atom stereocenters. The highest BCUT2D eigenvalue weighted by Crippen LogP contribution is 2.27. The van der Waals surface area contributed by atoms with Crippen LogP contribution in [0.3, 0.4) is 0 Å². The first-order valence-corrected chi connectivity index (χ1v) is 7.38. The Morgan fingerprint density at radius 3 is 2.70 bits per heavy atom. The van der Waals surface area contributed by atoms with Gasteiger partial charge in [0.2, 0.25) is 7.98 Å². The third-order valence-electron chi connectivity index (χ3n) is 3.79. The summed E-state index contributed by atoms with van der Waals surface area (Å²) in [5.74, 6) is 0.164. The minimum atomic E-state index is 0.164. The third kappa shape index (κ3) is 3.89. The largest absolute Gasteiger partial charge is 0.506 e. The first-order valence-electron chi connectivity index (χ1n) is 7.38. The number of carbonyl (C=O) groups is 1. The van der Waals surface area contributed by atoms with E-state index in [1.54, 1.807) is 25.3 Å². The van der Waals surface area contributed by atoms with Crippen molar-refractivity contribution in [3.63, 3.8) is 0 Å². The van der Waals surface area contributed by atoms with Gasteiger partial charge < -0.3 is 14.7 Å². The Hall–Kier alpha value is -2.81. The zero-order chi connectivity index (χ0) is 16.8. The number of aldehydes is 1. The summed E-state index contributed by atoms with van der Waals surface area (Å²) < 4.78 is 0. The molecule has 1 aromatic heterocycles. The second-order valence-corrected chi connectivity index (χ2v) is 5.42.